The van der Waals surface area contributed by atoms with Crippen LogP contribution in [0.25, 0.3) is 11.0 Å². The van der Waals surface area contributed by atoms with Crippen LogP contribution in [0.5, 0.6) is 0 Å². The van der Waals surface area contributed by atoms with Gasteiger partial charge in [-0.2, -0.15) is 0 Å². The van der Waals surface area contributed by atoms with E-state index in [1.807, 2.05) is 13.1 Å². The quantitative estimate of drug-likeness (QED) is 0.305. The highest BCUT2D eigenvalue weighted by atomic mass is 16.1. The van der Waals surface area contributed by atoms with Crippen molar-refractivity contribution in [1.82, 2.24) is 24.9 Å². The topological polar surface area (TPSA) is 84.4 Å². The summed E-state index contributed by atoms with van der Waals surface area (Å²) in [6, 6.07) is 2.11. The van der Waals surface area contributed by atoms with Crippen molar-refractivity contribution in [3.63, 3.8) is 0 Å². The van der Waals surface area contributed by atoms with Crippen LogP contribution in [0.15, 0.2) is 31.0 Å². The fourth-order valence-corrected chi connectivity index (χ4v) is 5.38. The van der Waals surface area contributed by atoms with Gasteiger partial charge in [0.05, 0.1) is 17.6 Å². The molecule has 3 heterocycles. The molecular weight excluding hydrogens is 410 g/mol. The molecule has 176 valence electrons. The number of nitrogens with one attached hydrogen (secondary N) is 1. The van der Waals surface area contributed by atoms with Gasteiger partial charge >= 0.3 is 0 Å². The van der Waals surface area contributed by atoms with Gasteiger partial charge in [0.2, 0.25) is 0 Å². The molecule has 3 aromatic heterocycles. The zero-order valence-corrected chi connectivity index (χ0v) is 20.3. The molecule has 3 aromatic rings. The third kappa shape index (κ3) is 5.84. The number of carbonyl (C=O) groups is 1. The van der Waals surface area contributed by atoms with Gasteiger partial charge in [0.1, 0.15) is 17.7 Å². The Morgan fingerprint density at radius 1 is 1.18 bits per heavy atom. The number of aromatic nitrogens is 5. The largest absolute Gasteiger partial charge is 0.346 e. The lowest BCUT2D eigenvalue weighted by molar-refractivity contribution is 0.0951. The molecule has 1 aliphatic rings. The van der Waals surface area contributed by atoms with Crippen LogP contribution >= 0.6 is 0 Å². The number of H-pyrrole nitrogens is 1. The SMILES string of the molecule is CCCC(CCCC1(CC(C)CC(=O)c2cncc(CC)n2)CC1)c1ncnc2[nH]ccc12. The third-order valence-corrected chi connectivity index (χ3v) is 7.27. The number of aryl methyl sites for hydroxylation is 1. The van der Waals surface area contributed by atoms with Gasteiger partial charge in [0.15, 0.2) is 5.78 Å². The molecule has 33 heavy (non-hydrogen) atoms. The molecule has 0 radical (unpaired) electrons. The average molecular weight is 448 g/mol. The molecule has 4 rings (SSSR count). The van der Waals surface area contributed by atoms with Crippen LogP contribution < -0.4 is 0 Å². The number of carbonyl (C=O) groups excluding carboxylic acids is 1. The van der Waals surface area contributed by atoms with Crippen molar-refractivity contribution < 1.29 is 4.79 Å². The lowest BCUT2D eigenvalue weighted by Crippen LogP contribution is -2.14. The normalized spacial score (nSPS) is 16.6. The molecule has 1 fully saturated rings. The molecule has 1 saturated carbocycles. The first-order chi connectivity index (χ1) is 16.0. The molecule has 0 bridgehead atoms. The first-order valence-electron chi connectivity index (χ1n) is 12.7. The van der Waals surface area contributed by atoms with E-state index in [0.717, 1.165) is 37.0 Å². The minimum atomic E-state index is 0.128. The van der Waals surface area contributed by atoms with Crippen LogP contribution in [-0.4, -0.2) is 30.7 Å². The van der Waals surface area contributed by atoms with E-state index in [0.29, 0.717) is 29.4 Å². The summed E-state index contributed by atoms with van der Waals surface area (Å²) in [5.41, 5.74) is 3.97. The number of hydrogen-bond donors (Lipinski definition) is 1. The Balaban J connectivity index is 1.30. The van der Waals surface area contributed by atoms with Crippen LogP contribution in [0.1, 0.15) is 106 Å². The standard InChI is InChI=1S/C27H37N5O/c1-4-7-20(25-22-9-13-29-26(22)31-18-30-25)8-6-10-27(11-12-27)15-19(3)14-24(33)23-17-28-16-21(5-2)32-23/h9,13,16-20H,4-8,10-12,14-15H2,1-3H3,(H,29,30,31). The van der Waals surface area contributed by atoms with Gasteiger partial charge in [-0.1, -0.05) is 33.6 Å². The molecule has 2 unspecified atom stereocenters. The van der Waals surface area contributed by atoms with Crippen LogP contribution in [0.3, 0.4) is 0 Å². The summed E-state index contributed by atoms with van der Waals surface area (Å²) in [7, 11) is 0. The van der Waals surface area contributed by atoms with Crippen molar-refractivity contribution in [2.75, 3.05) is 0 Å². The molecule has 0 aliphatic heterocycles. The maximum atomic E-state index is 12.7. The zero-order chi connectivity index (χ0) is 23.3. The number of aromatic amines is 1. The minimum absolute atomic E-state index is 0.128. The second-order valence-electron chi connectivity index (χ2n) is 10.1. The molecule has 6 heteroatoms. The Kier molecular flexibility index (Phi) is 7.51. The number of ketones is 1. The lowest BCUT2D eigenvalue weighted by atomic mass is 9.84. The van der Waals surface area contributed by atoms with E-state index < -0.39 is 0 Å². The predicted octanol–water partition coefficient (Wildman–Crippen LogP) is 6.44. The molecule has 0 amide bonds. The van der Waals surface area contributed by atoms with E-state index in [-0.39, 0.29) is 5.78 Å². The van der Waals surface area contributed by atoms with Gasteiger partial charge < -0.3 is 4.98 Å². The van der Waals surface area contributed by atoms with Gasteiger partial charge in [-0.15, -0.1) is 0 Å². The fourth-order valence-electron chi connectivity index (χ4n) is 5.38. The predicted molar refractivity (Wildman–Crippen MR) is 131 cm³/mol. The smallest absolute Gasteiger partial charge is 0.183 e. The molecular formula is C27H37N5O. The maximum absolute atomic E-state index is 12.7. The summed E-state index contributed by atoms with van der Waals surface area (Å²) in [6.07, 6.45) is 18.0. The van der Waals surface area contributed by atoms with Crippen LogP contribution in [0.4, 0.5) is 0 Å². The lowest BCUT2D eigenvalue weighted by Gasteiger charge is -2.22. The van der Waals surface area contributed by atoms with E-state index in [4.69, 9.17) is 0 Å². The first-order valence-corrected chi connectivity index (χ1v) is 12.7. The molecule has 6 nitrogen and oxygen atoms in total. The van der Waals surface area contributed by atoms with E-state index >= 15 is 0 Å². The van der Waals surface area contributed by atoms with Crippen molar-refractivity contribution in [2.24, 2.45) is 11.3 Å². The molecule has 0 aromatic carbocycles. The van der Waals surface area contributed by atoms with Crippen molar-refractivity contribution in [3.8, 4) is 0 Å². The van der Waals surface area contributed by atoms with E-state index in [9.17, 15) is 4.79 Å². The summed E-state index contributed by atoms with van der Waals surface area (Å²) in [5, 5.41) is 1.17. The Bertz CT molecular complexity index is 1070. The Labute approximate surface area is 197 Å². The molecule has 1 N–H and O–H groups in total. The van der Waals surface area contributed by atoms with Gasteiger partial charge in [-0.3, -0.25) is 9.78 Å². The van der Waals surface area contributed by atoms with Crippen molar-refractivity contribution >= 4 is 16.8 Å². The summed E-state index contributed by atoms with van der Waals surface area (Å²) in [4.78, 5) is 33.6. The highest BCUT2D eigenvalue weighted by molar-refractivity contribution is 5.94. The number of Topliss-reactive ketones (excluding diaryl/α,β-unsaturated/α-hetero) is 1. The van der Waals surface area contributed by atoms with Crippen molar-refractivity contribution in [2.45, 2.75) is 90.9 Å². The van der Waals surface area contributed by atoms with Crippen LogP contribution in [0, 0.1) is 11.3 Å². The van der Waals surface area contributed by atoms with Gasteiger partial charge in [0.25, 0.3) is 0 Å². The number of hydrogen-bond acceptors (Lipinski definition) is 5. The highest BCUT2D eigenvalue weighted by Crippen LogP contribution is 2.55. The monoisotopic (exact) mass is 447 g/mol. The number of rotatable bonds is 13. The third-order valence-electron chi connectivity index (χ3n) is 7.27. The average Bonchev–Trinajstić information content (AvgIpc) is 3.39. The Morgan fingerprint density at radius 2 is 2.03 bits per heavy atom. The summed E-state index contributed by atoms with van der Waals surface area (Å²) in [6.45, 7) is 6.51. The van der Waals surface area contributed by atoms with E-state index in [1.54, 1.807) is 18.7 Å². The number of fused-ring (bicyclic) bond motifs is 1. The molecule has 0 spiro atoms. The maximum Gasteiger partial charge on any atom is 0.183 e. The van der Waals surface area contributed by atoms with E-state index in [2.05, 4.69) is 44.8 Å². The zero-order valence-electron chi connectivity index (χ0n) is 20.3. The second kappa shape index (κ2) is 10.5. The summed E-state index contributed by atoms with van der Waals surface area (Å²) in [5.74, 6) is 0.985. The number of nitrogens with zero attached hydrogens (tertiary/aromatic N) is 4. The van der Waals surface area contributed by atoms with Gasteiger partial charge in [-0.25, -0.2) is 15.0 Å². The van der Waals surface area contributed by atoms with Gasteiger partial charge in [0, 0.05) is 30.1 Å². The fraction of sp³-hybridized carbons (Fsp3) is 0.593. The van der Waals surface area contributed by atoms with Crippen LogP contribution in [-0.2, 0) is 6.42 Å². The summed E-state index contributed by atoms with van der Waals surface area (Å²) < 4.78 is 0. The van der Waals surface area contributed by atoms with Crippen LogP contribution in [0.2, 0.25) is 0 Å². The molecule has 1 aliphatic carbocycles. The van der Waals surface area contributed by atoms with E-state index in [1.165, 1.54) is 43.2 Å². The molecule has 0 saturated heterocycles. The first kappa shape index (κ1) is 23.5. The summed E-state index contributed by atoms with van der Waals surface area (Å²) >= 11 is 0. The Morgan fingerprint density at radius 3 is 2.79 bits per heavy atom. The van der Waals surface area contributed by atoms with Crippen molar-refractivity contribution in [3.05, 3.63) is 48.1 Å². The van der Waals surface area contributed by atoms with Gasteiger partial charge in [-0.05, 0) is 62.3 Å². The Hall–Kier alpha value is -2.63. The second-order valence-corrected chi connectivity index (χ2v) is 10.1. The highest BCUT2D eigenvalue weighted by Gasteiger charge is 2.42. The van der Waals surface area contributed by atoms with Crippen molar-refractivity contribution in [1.29, 1.82) is 0 Å². The molecule has 2 atom stereocenters. The minimum Gasteiger partial charge on any atom is -0.346 e.